The highest BCUT2D eigenvalue weighted by Crippen LogP contribution is 2.32. The third kappa shape index (κ3) is 5.69. The van der Waals surface area contributed by atoms with Crippen molar-refractivity contribution in [1.82, 2.24) is 9.88 Å². The lowest BCUT2D eigenvalue weighted by Crippen LogP contribution is -2.51. The van der Waals surface area contributed by atoms with Gasteiger partial charge < -0.3 is 20.3 Å². The van der Waals surface area contributed by atoms with Crippen molar-refractivity contribution in [3.05, 3.63) is 11.6 Å². The number of hydrogen-bond acceptors (Lipinski definition) is 5. The number of hydrogen-bond donors (Lipinski definition) is 1. The van der Waals surface area contributed by atoms with Crippen LogP contribution >= 0.6 is 35.3 Å². The van der Waals surface area contributed by atoms with Crippen LogP contribution in [-0.4, -0.2) is 60.8 Å². The second-order valence-corrected chi connectivity index (χ2v) is 7.93. The number of thiazole rings is 1. The topological polar surface area (TPSA) is 67.0 Å². The summed E-state index contributed by atoms with van der Waals surface area (Å²) >= 11 is 1.69. The number of piperazine rings is 1. The smallest absolute Gasteiger partial charge is 0.191 e. The van der Waals surface area contributed by atoms with Crippen molar-refractivity contribution in [2.75, 3.05) is 44.2 Å². The van der Waals surface area contributed by atoms with E-state index in [1.54, 1.807) is 11.3 Å². The van der Waals surface area contributed by atoms with E-state index in [-0.39, 0.29) is 29.6 Å². The van der Waals surface area contributed by atoms with Gasteiger partial charge in [-0.15, -0.1) is 35.3 Å². The quantitative estimate of drug-likeness (QED) is 0.374. The first-order valence-electron chi connectivity index (χ1n) is 9.56. The van der Waals surface area contributed by atoms with Gasteiger partial charge in [0.15, 0.2) is 11.1 Å². The molecule has 0 radical (unpaired) electrons. The Balaban J connectivity index is 0.00000243. The van der Waals surface area contributed by atoms with Crippen molar-refractivity contribution in [3.8, 4) is 0 Å². The van der Waals surface area contributed by atoms with Gasteiger partial charge in [0.1, 0.15) is 0 Å². The number of aliphatic imine (C=N–C) groups is 1. The first-order valence-corrected chi connectivity index (χ1v) is 10.4. The Morgan fingerprint density at radius 2 is 2.00 bits per heavy atom. The first-order chi connectivity index (χ1) is 12.2. The molecule has 2 heterocycles. The van der Waals surface area contributed by atoms with Crippen LogP contribution in [0.4, 0.5) is 5.13 Å². The molecule has 0 spiro atoms. The highest BCUT2D eigenvalue weighted by molar-refractivity contribution is 14.0. The Labute approximate surface area is 178 Å². The molecule has 0 amide bonds. The Hall–Kier alpha value is -0.610. The van der Waals surface area contributed by atoms with E-state index in [4.69, 9.17) is 15.5 Å². The lowest BCUT2D eigenvalue weighted by Gasteiger charge is -2.37. The number of halogens is 1. The number of guanidine groups is 1. The average Bonchev–Trinajstić information content (AvgIpc) is 3.20. The number of anilines is 1. The van der Waals surface area contributed by atoms with Crippen LogP contribution in [0.15, 0.2) is 16.6 Å². The molecule has 0 atom stereocenters. The van der Waals surface area contributed by atoms with Crippen LogP contribution in [0.2, 0.25) is 0 Å². The molecule has 2 fully saturated rings. The fourth-order valence-corrected chi connectivity index (χ4v) is 4.38. The molecule has 3 rings (SSSR count). The van der Waals surface area contributed by atoms with Gasteiger partial charge >= 0.3 is 0 Å². The second-order valence-electron chi connectivity index (χ2n) is 7.06. The summed E-state index contributed by atoms with van der Waals surface area (Å²) in [6.45, 7) is 7.38. The number of nitrogens with two attached hydrogens (primary N) is 1. The van der Waals surface area contributed by atoms with E-state index >= 15 is 0 Å². The van der Waals surface area contributed by atoms with Gasteiger partial charge in [-0.25, -0.2) is 4.98 Å². The Morgan fingerprint density at radius 3 is 2.62 bits per heavy atom. The summed E-state index contributed by atoms with van der Waals surface area (Å²) in [5.41, 5.74) is 6.22. The molecule has 148 valence electrons. The normalized spacial score (nSPS) is 20.7. The molecular weight excluding hydrogens is 461 g/mol. The van der Waals surface area contributed by atoms with Crippen molar-refractivity contribution in [2.45, 2.75) is 51.0 Å². The summed E-state index contributed by atoms with van der Waals surface area (Å²) in [5, 5.41) is 3.13. The molecule has 1 aliphatic carbocycles. The molecule has 0 aromatic carbocycles. The lowest BCUT2D eigenvalue weighted by molar-refractivity contribution is -0.0625. The number of rotatable bonds is 6. The van der Waals surface area contributed by atoms with Crippen molar-refractivity contribution < 1.29 is 4.74 Å². The Bertz CT molecular complexity index is 540. The van der Waals surface area contributed by atoms with Gasteiger partial charge in [-0.1, -0.05) is 26.2 Å². The van der Waals surface area contributed by atoms with Gasteiger partial charge in [-0.3, -0.25) is 4.99 Å². The van der Waals surface area contributed by atoms with Crippen molar-refractivity contribution in [1.29, 1.82) is 0 Å². The summed E-state index contributed by atoms with van der Waals surface area (Å²) in [5.74, 6) is 0.670. The predicted octanol–water partition coefficient (Wildman–Crippen LogP) is 3.33. The third-order valence-electron chi connectivity index (χ3n) is 5.20. The minimum absolute atomic E-state index is 0. The highest BCUT2D eigenvalue weighted by atomic mass is 127. The largest absolute Gasteiger partial charge is 0.373 e. The molecule has 1 saturated carbocycles. The maximum atomic E-state index is 6.31. The van der Waals surface area contributed by atoms with Crippen molar-refractivity contribution in [2.24, 2.45) is 10.7 Å². The molecule has 0 bridgehead atoms. The average molecular weight is 493 g/mol. The van der Waals surface area contributed by atoms with Crippen LogP contribution in [-0.2, 0) is 4.74 Å². The molecule has 0 unspecified atom stereocenters. The zero-order chi connectivity index (χ0) is 17.5. The van der Waals surface area contributed by atoms with Gasteiger partial charge in [-0.2, -0.15) is 0 Å². The molecule has 2 aliphatic rings. The minimum Gasteiger partial charge on any atom is -0.373 e. The van der Waals surface area contributed by atoms with Crippen LogP contribution in [0.3, 0.4) is 0 Å². The van der Waals surface area contributed by atoms with E-state index in [2.05, 4.69) is 21.7 Å². The molecule has 6 nitrogen and oxygen atoms in total. The maximum Gasteiger partial charge on any atom is 0.191 e. The van der Waals surface area contributed by atoms with Crippen LogP contribution < -0.4 is 10.6 Å². The minimum atomic E-state index is -0.0818. The number of ether oxygens (including phenoxy) is 1. The summed E-state index contributed by atoms with van der Waals surface area (Å²) < 4.78 is 6.23. The highest BCUT2D eigenvalue weighted by Gasteiger charge is 2.33. The molecule has 1 aromatic heterocycles. The Morgan fingerprint density at radius 1 is 1.27 bits per heavy atom. The SMILES string of the molecule is CCCOC1(CN=C(N)N2CCN(c3nccs3)CC2)CCCCC1.I. The van der Waals surface area contributed by atoms with E-state index in [1.807, 2.05) is 11.6 Å². The zero-order valence-electron chi connectivity index (χ0n) is 15.7. The third-order valence-corrected chi connectivity index (χ3v) is 6.03. The van der Waals surface area contributed by atoms with Crippen molar-refractivity contribution in [3.63, 3.8) is 0 Å². The van der Waals surface area contributed by atoms with Crippen LogP contribution in [0.1, 0.15) is 45.4 Å². The van der Waals surface area contributed by atoms with E-state index in [0.717, 1.165) is 57.2 Å². The van der Waals surface area contributed by atoms with Gasteiger partial charge in [0.25, 0.3) is 0 Å². The number of nitrogens with zero attached hydrogens (tertiary/aromatic N) is 4. The van der Waals surface area contributed by atoms with E-state index in [9.17, 15) is 0 Å². The zero-order valence-corrected chi connectivity index (χ0v) is 18.9. The summed E-state index contributed by atoms with van der Waals surface area (Å²) in [4.78, 5) is 13.7. The molecule has 8 heteroatoms. The molecule has 1 aromatic rings. The lowest BCUT2D eigenvalue weighted by atomic mass is 9.84. The monoisotopic (exact) mass is 493 g/mol. The molecular formula is C18H32IN5OS. The first kappa shape index (κ1) is 21.7. The maximum absolute atomic E-state index is 6.31. The molecule has 26 heavy (non-hydrogen) atoms. The van der Waals surface area contributed by atoms with Gasteiger partial charge in [-0.05, 0) is 19.3 Å². The number of aromatic nitrogens is 1. The summed E-state index contributed by atoms with van der Waals surface area (Å²) in [7, 11) is 0. The van der Waals surface area contributed by atoms with Crippen LogP contribution in [0.5, 0.6) is 0 Å². The fourth-order valence-electron chi connectivity index (χ4n) is 3.69. The molecule has 2 N–H and O–H groups in total. The van der Waals surface area contributed by atoms with E-state index in [0.29, 0.717) is 12.5 Å². The van der Waals surface area contributed by atoms with Crippen LogP contribution in [0.25, 0.3) is 0 Å². The standard InChI is InChI=1S/C18H31N5OS.HI/c1-2-13-24-18(6-4-3-5-7-18)15-21-16(19)22-9-11-23(12-10-22)17-20-8-14-25-17;/h8,14H,2-7,9-13,15H2,1H3,(H2,19,21);1H. The fraction of sp³-hybridized carbons (Fsp3) is 0.778. The van der Waals surface area contributed by atoms with Gasteiger partial charge in [0, 0.05) is 44.4 Å². The van der Waals surface area contributed by atoms with Gasteiger partial charge in [0.2, 0.25) is 0 Å². The summed E-state index contributed by atoms with van der Waals surface area (Å²) in [6, 6.07) is 0. The molecule has 1 aliphatic heterocycles. The van der Waals surface area contributed by atoms with Gasteiger partial charge in [0.05, 0.1) is 12.1 Å². The van der Waals surface area contributed by atoms with Crippen LogP contribution in [0, 0.1) is 0 Å². The van der Waals surface area contributed by atoms with E-state index in [1.165, 1.54) is 19.3 Å². The summed E-state index contributed by atoms with van der Waals surface area (Å²) in [6.07, 6.45) is 8.94. The Kier molecular flexibility index (Phi) is 8.89. The van der Waals surface area contributed by atoms with Crippen molar-refractivity contribution >= 4 is 46.4 Å². The second kappa shape index (κ2) is 10.7. The predicted molar refractivity (Wildman–Crippen MR) is 120 cm³/mol. The van der Waals surface area contributed by atoms with E-state index < -0.39 is 0 Å². The molecule has 1 saturated heterocycles.